The molecule has 0 saturated carbocycles. The van der Waals surface area contributed by atoms with Crippen LogP contribution in [0.15, 0.2) is 12.7 Å². The summed E-state index contributed by atoms with van der Waals surface area (Å²) in [6.07, 6.45) is 7.00. The van der Waals surface area contributed by atoms with Crippen LogP contribution in [-0.4, -0.2) is 13.1 Å². The van der Waals surface area contributed by atoms with Crippen LogP contribution in [0.3, 0.4) is 0 Å². The molecule has 0 aromatic heterocycles. The second-order valence-electron chi connectivity index (χ2n) is 3.64. The van der Waals surface area contributed by atoms with E-state index in [9.17, 15) is 0 Å². The molecule has 0 rings (SSSR count). The topological polar surface area (TPSA) is 12.0 Å². The summed E-state index contributed by atoms with van der Waals surface area (Å²) in [6.45, 7) is 8.34. The molecule has 2 atom stereocenters. The molecule has 0 saturated heterocycles. The van der Waals surface area contributed by atoms with Crippen molar-refractivity contribution in [3.05, 3.63) is 12.7 Å². The smallest absolute Gasteiger partial charge is 0.0101 e. The summed E-state index contributed by atoms with van der Waals surface area (Å²) in [5, 5.41) is 3.32. The molecule has 0 aliphatic rings. The van der Waals surface area contributed by atoms with Gasteiger partial charge in [0.05, 0.1) is 0 Å². The van der Waals surface area contributed by atoms with Crippen molar-refractivity contribution in [2.75, 3.05) is 7.05 Å². The minimum absolute atomic E-state index is 0.629. The molecule has 0 radical (unpaired) electrons. The fourth-order valence-corrected chi connectivity index (χ4v) is 1.63. The summed E-state index contributed by atoms with van der Waals surface area (Å²) in [5.41, 5.74) is 0. The van der Waals surface area contributed by atoms with Crippen molar-refractivity contribution in [1.82, 2.24) is 5.32 Å². The molecule has 0 aliphatic carbocycles. The first-order valence-electron chi connectivity index (χ1n) is 5.02. The average molecular weight is 169 g/mol. The van der Waals surface area contributed by atoms with Crippen molar-refractivity contribution in [3.8, 4) is 0 Å². The van der Waals surface area contributed by atoms with Gasteiger partial charge in [0.25, 0.3) is 0 Å². The quantitative estimate of drug-likeness (QED) is 0.578. The van der Waals surface area contributed by atoms with E-state index in [2.05, 4.69) is 25.7 Å². The zero-order valence-electron chi connectivity index (χ0n) is 8.77. The van der Waals surface area contributed by atoms with Crippen LogP contribution < -0.4 is 5.32 Å². The van der Waals surface area contributed by atoms with Crippen LogP contribution in [0.25, 0.3) is 0 Å². The third-order valence-electron chi connectivity index (χ3n) is 2.33. The number of hydrogen-bond donors (Lipinski definition) is 1. The SMILES string of the molecule is C=CCC(CC(C)CCC)NC. The van der Waals surface area contributed by atoms with Crippen LogP contribution in [0.2, 0.25) is 0 Å². The lowest BCUT2D eigenvalue weighted by molar-refractivity contribution is 0.400. The van der Waals surface area contributed by atoms with Gasteiger partial charge in [0.15, 0.2) is 0 Å². The normalized spacial score (nSPS) is 15.6. The van der Waals surface area contributed by atoms with Crippen molar-refractivity contribution >= 4 is 0 Å². The Kier molecular flexibility index (Phi) is 7.17. The molecular weight excluding hydrogens is 146 g/mol. The van der Waals surface area contributed by atoms with Crippen LogP contribution in [-0.2, 0) is 0 Å². The van der Waals surface area contributed by atoms with E-state index >= 15 is 0 Å². The second-order valence-corrected chi connectivity index (χ2v) is 3.64. The highest BCUT2D eigenvalue weighted by Crippen LogP contribution is 2.14. The molecule has 2 unspecified atom stereocenters. The monoisotopic (exact) mass is 169 g/mol. The lowest BCUT2D eigenvalue weighted by Gasteiger charge is -2.18. The van der Waals surface area contributed by atoms with Gasteiger partial charge in [-0.2, -0.15) is 0 Å². The number of rotatable bonds is 7. The Labute approximate surface area is 77.2 Å². The highest BCUT2D eigenvalue weighted by molar-refractivity contribution is 4.78. The Balaban J connectivity index is 3.60. The highest BCUT2D eigenvalue weighted by atomic mass is 14.9. The third-order valence-corrected chi connectivity index (χ3v) is 2.33. The third kappa shape index (κ3) is 5.36. The maximum Gasteiger partial charge on any atom is 0.0101 e. The van der Waals surface area contributed by atoms with Crippen LogP contribution in [0, 0.1) is 5.92 Å². The molecule has 0 heterocycles. The van der Waals surface area contributed by atoms with Crippen LogP contribution in [0.1, 0.15) is 39.5 Å². The van der Waals surface area contributed by atoms with Gasteiger partial charge >= 0.3 is 0 Å². The zero-order valence-corrected chi connectivity index (χ0v) is 8.77. The zero-order chi connectivity index (χ0) is 9.40. The van der Waals surface area contributed by atoms with Crippen molar-refractivity contribution < 1.29 is 0 Å². The predicted octanol–water partition coefficient (Wildman–Crippen LogP) is 2.98. The molecule has 0 aromatic carbocycles. The molecule has 0 spiro atoms. The summed E-state index contributed by atoms with van der Waals surface area (Å²) in [7, 11) is 2.03. The molecule has 1 heteroatoms. The van der Waals surface area contributed by atoms with Gasteiger partial charge in [0.1, 0.15) is 0 Å². The Bertz CT molecular complexity index is 110. The molecule has 1 N–H and O–H groups in total. The first-order valence-corrected chi connectivity index (χ1v) is 5.02. The Morgan fingerprint density at radius 2 is 2.17 bits per heavy atom. The molecular formula is C11H23N. The summed E-state index contributed by atoms with van der Waals surface area (Å²) < 4.78 is 0. The van der Waals surface area contributed by atoms with Gasteiger partial charge in [-0.05, 0) is 25.8 Å². The van der Waals surface area contributed by atoms with E-state index in [1.807, 2.05) is 13.1 Å². The van der Waals surface area contributed by atoms with Gasteiger partial charge in [-0.1, -0.05) is 32.8 Å². The van der Waals surface area contributed by atoms with Gasteiger partial charge < -0.3 is 5.32 Å². The van der Waals surface area contributed by atoms with Gasteiger partial charge in [0, 0.05) is 6.04 Å². The summed E-state index contributed by atoms with van der Waals surface area (Å²) >= 11 is 0. The van der Waals surface area contributed by atoms with Gasteiger partial charge in [0.2, 0.25) is 0 Å². The van der Waals surface area contributed by atoms with Crippen molar-refractivity contribution in [2.45, 2.75) is 45.6 Å². The Morgan fingerprint density at radius 1 is 1.50 bits per heavy atom. The lowest BCUT2D eigenvalue weighted by atomic mass is 9.96. The minimum Gasteiger partial charge on any atom is -0.317 e. The summed E-state index contributed by atoms with van der Waals surface area (Å²) in [5.74, 6) is 0.840. The first kappa shape index (κ1) is 11.7. The maximum absolute atomic E-state index is 3.76. The fourth-order valence-electron chi connectivity index (χ4n) is 1.63. The number of hydrogen-bond acceptors (Lipinski definition) is 1. The van der Waals surface area contributed by atoms with E-state index in [1.165, 1.54) is 19.3 Å². The standard InChI is InChI=1S/C11H23N/c1-5-7-10(3)9-11(12-4)8-6-2/h6,10-12H,2,5,7-9H2,1,3-4H3. The van der Waals surface area contributed by atoms with E-state index in [1.54, 1.807) is 0 Å². The fraction of sp³-hybridized carbons (Fsp3) is 0.818. The largest absolute Gasteiger partial charge is 0.317 e. The van der Waals surface area contributed by atoms with Crippen LogP contribution in [0.4, 0.5) is 0 Å². The summed E-state index contributed by atoms with van der Waals surface area (Å²) in [6, 6.07) is 0.629. The van der Waals surface area contributed by atoms with E-state index in [0.29, 0.717) is 6.04 Å². The van der Waals surface area contributed by atoms with Gasteiger partial charge in [-0.3, -0.25) is 0 Å². The van der Waals surface area contributed by atoms with Crippen LogP contribution >= 0.6 is 0 Å². The molecule has 1 nitrogen and oxygen atoms in total. The maximum atomic E-state index is 3.76. The molecule has 72 valence electrons. The van der Waals surface area contributed by atoms with Gasteiger partial charge in [-0.15, -0.1) is 6.58 Å². The molecule has 12 heavy (non-hydrogen) atoms. The number of nitrogens with one attached hydrogen (secondary N) is 1. The van der Waals surface area contributed by atoms with Crippen molar-refractivity contribution in [1.29, 1.82) is 0 Å². The van der Waals surface area contributed by atoms with Crippen molar-refractivity contribution in [2.24, 2.45) is 5.92 Å². The predicted molar refractivity (Wildman–Crippen MR) is 56.4 cm³/mol. The molecule has 0 bridgehead atoms. The average Bonchev–Trinajstić information content (AvgIpc) is 2.04. The molecule has 0 aliphatic heterocycles. The van der Waals surface area contributed by atoms with E-state index in [-0.39, 0.29) is 0 Å². The van der Waals surface area contributed by atoms with E-state index in [4.69, 9.17) is 0 Å². The highest BCUT2D eigenvalue weighted by Gasteiger charge is 2.08. The van der Waals surface area contributed by atoms with E-state index < -0.39 is 0 Å². The Hall–Kier alpha value is -0.300. The van der Waals surface area contributed by atoms with Crippen LogP contribution in [0.5, 0.6) is 0 Å². The molecule has 0 amide bonds. The van der Waals surface area contributed by atoms with Gasteiger partial charge in [-0.25, -0.2) is 0 Å². The minimum atomic E-state index is 0.629. The first-order chi connectivity index (χ1) is 5.74. The molecule has 0 fully saturated rings. The van der Waals surface area contributed by atoms with E-state index in [0.717, 1.165) is 12.3 Å². The summed E-state index contributed by atoms with van der Waals surface area (Å²) in [4.78, 5) is 0. The lowest BCUT2D eigenvalue weighted by Crippen LogP contribution is -2.26. The second kappa shape index (κ2) is 7.35. The Morgan fingerprint density at radius 3 is 2.58 bits per heavy atom. The molecule has 0 aromatic rings. The van der Waals surface area contributed by atoms with Crippen molar-refractivity contribution in [3.63, 3.8) is 0 Å².